The zero-order chi connectivity index (χ0) is 12.3. The number of benzene rings is 1. The second kappa shape index (κ2) is 4.79. The molecule has 0 aliphatic carbocycles. The maximum atomic E-state index is 12.2. The van der Waals surface area contributed by atoms with Crippen LogP contribution in [0.2, 0.25) is 0 Å². The highest BCUT2D eigenvalue weighted by Crippen LogP contribution is 2.28. The minimum absolute atomic E-state index is 0.0231. The third kappa shape index (κ3) is 2.92. The third-order valence-electron chi connectivity index (χ3n) is 2.88. The molecule has 16 heavy (non-hydrogen) atoms. The number of carbonyl (C=O) groups is 1. The first-order chi connectivity index (χ1) is 7.36. The molecule has 2 nitrogen and oxygen atoms in total. The molecule has 88 valence electrons. The van der Waals surface area contributed by atoms with Crippen molar-refractivity contribution >= 4 is 5.78 Å². The molecule has 1 N–H and O–H groups in total. The van der Waals surface area contributed by atoms with Crippen LogP contribution in [0.1, 0.15) is 36.7 Å². The van der Waals surface area contributed by atoms with Crippen LogP contribution < -0.4 is 0 Å². The highest BCUT2D eigenvalue weighted by atomic mass is 16.3. The number of aliphatic hydroxyl groups is 1. The quantitative estimate of drug-likeness (QED) is 0.795. The number of Topliss-reactive ketones (excluding diaryl/α,β-unsaturated/α-hetero) is 1. The first kappa shape index (κ1) is 12.9. The molecule has 1 aromatic rings. The Hall–Kier alpha value is -1.15. The van der Waals surface area contributed by atoms with Gasteiger partial charge in [-0.3, -0.25) is 4.79 Å². The molecule has 0 bridgehead atoms. The fourth-order valence-electron chi connectivity index (χ4n) is 1.67. The van der Waals surface area contributed by atoms with Gasteiger partial charge in [0.25, 0.3) is 0 Å². The Morgan fingerprint density at radius 3 is 2.12 bits per heavy atom. The molecule has 0 saturated heterocycles. The Labute approximate surface area is 97.3 Å². The van der Waals surface area contributed by atoms with Gasteiger partial charge in [-0.1, -0.05) is 50.6 Å². The Morgan fingerprint density at radius 2 is 1.75 bits per heavy atom. The van der Waals surface area contributed by atoms with E-state index >= 15 is 0 Å². The zero-order valence-corrected chi connectivity index (χ0v) is 10.4. The van der Waals surface area contributed by atoms with Gasteiger partial charge < -0.3 is 5.11 Å². The van der Waals surface area contributed by atoms with Crippen molar-refractivity contribution in [3.8, 4) is 0 Å². The molecule has 0 unspecified atom stereocenters. The van der Waals surface area contributed by atoms with Crippen LogP contribution >= 0.6 is 0 Å². The van der Waals surface area contributed by atoms with Gasteiger partial charge in [0.15, 0.2) is 5.78 Å². The Kier molecular flexibility index (Phi) is 3.87. The molecule has 0 aromatic heterocycles. The van der Waals surface area contributed by atoms with E-state index in [2.05, 4.69) is 0 Å². The van der Waals surface area contributed by atoms with E-state index in [-0.39, 0.29) is 23.7 Å². The first-order valence-corrected chi connectivity index (χ1v) is 5.58. The second-order valence-corrected chi connectivity index (χ2v) is 5.33. The molecule has 2 heteroatoms. The van der Waals surface area contributed by atoms with E-state index in [0.29, 0.717) is 5.56 Å². The fraction of sp³-hybridized carbons (Fsp3) is 0.500. The van der Waals surface area contributed by atoms with Crippen molar-refractivity contribution in [1.82, 2.24) is 0 Å². The van der Waals surface area contributed by atoms with E-state index in [4.69, 9.17) is 0 Å². The van der Waals surface area contributed by atoms with E-state index in [0.717, 1.165) is 5.56 Å². The number of aliphatic hydroxyl groups excluding tert-OH is 1. The molecule has 1 rings (SSSR count). The molecule has 0 aliphatic rings. The lowest BCUT2D eigenvalue weighted by molar-refractivity contribution is 0.0694. The molecule has 0 saturated carbocycles. The van der Waals surface area contributed by atoms with Gasteiger partial charge in [0.05, 0.1) is 12.5 Å². The van der Waals surface area contributed by atoms with Crippen LogP contribution in [-0.4, -0.2) is 17.5 Å². The molecule has 1 aromatic carbocycles. The van der Waals surface area contributed by atoms with Crippen LogP contribution in [0.4, 0.5) is 0 Å². The number of hydrogen-bond donors (Lipinski definition) is 1. The molecule has 0 radical (unpaired) electrons. The molecule has 0 spiro atoms. The van der Waals surface area contributed by atoms with E-state index < -0.39 is 0 Å². The van der Waals surface area contributed by atoms with Crippen molar-refractivity contribution in [2.45, 2.75) is 27.7 Å². The lowest BCUT2D eigenvalue weighted by atomic mass is 9.77. The van der Waals surface area contributed by atoms with Gasteiger partial charge in [0.1, 0.15) is 0 Å². The van der Waals surface area contributed by atoms with Gasteiger partial charge in [-0.15, -0.1) is 0 Å². The highest BCUT2D eigenvalue weighted by Gasteiger charge is 2.30. The topological polar surface area (TPSA) is 37.3 Å². The van der Waals surface area contributed by atoms with Gasteiger partial charge in [-0.2, -0.15) is 0 Å². The summed E-state index contributed by atoms with van der Waals surface area (Å²) in [5.74, 6) is -0.315. The molecule has 0 amide bonds. The summed E-state index contributed by atoms with van der Waals surface area (Å²) in [6.07, 6.45) is 0. The van der Waals surface area contributed by atoms with Crippen molar-refractivity contribution < 1.29 is 9.90 Å². The summed E-state index contributed by atoms with van der Waals surface area (Å²) in [5.41, 5.74) is 1.60. The van der Waals surface area contributed by atoms with E-state index in [1.54, 1.807) is 0 Å². The first-order valence-electron chi connectivity index (χ1n) is 5.58. The lowest BCUT2D eigenvalue weighted by Gasteiger charge is -2.27. The SMILES string of the molecule is Cc1ccc(C(=O)[C@@H](CO)C(C)(C)C)cc1. The number of carbonyl (C=O) groups excluding carboxylic acids is 1. The Bertz CT molecular complexity index is 357. The molecule has 0 heterocycles. The van der Waals surface area contributed by atoms with Gasteiger partial charge >= 0.3 is 0 Å². The standard InChI is InChI=1S/C14H20O2/c1-10-5-7-11(8-6-10)13(16)12(9-15)14(2,3)4/h5-8,12,15H,9H2,1-4H3/t12-/m1/s1. The Balaban J connectivity index is 2.96. The number of hydrogen-bond acceptors (Lipinski definition) is 2. The van der Waals surface area contributed by atoms with Gasteiger partial charge in [-0.25, -0.2) is 0 Å². The Morgan fingerprint density at radius 1 is 1.25 bits per heavy atom. The molecule has 1 atom stereocenters. The smallest absolute Gasteiger partial charge is 0.168 e. The summed E-state index contributed by atoms with van der Waals surface area (Å²) >= 11 is 0. The third-order valence-corrected chi connectivity index (χ3v) is 2.88. The van der Waals surface area contributed by atoms with Crippen molar-refractivity contribution in [2.24, 2.45) is 11.3 Å². The minimum Gasteiger partial charge on any atom is -0.396 e. The maximum Gasteiger partial charge on any atom is 0.168 e. The average Bonchev–Trinajstić information content (AvgIpc) is 2.17. The van der Waals surface area contributed by atoms with Crippen LogP contribution in [0.3, 0.4) is 0 Å². The largest absolute Gasteiger partial charge is 0.396 e. The summed E-state index contributed by atoms with van der Waals surface area (Å²) in [6, 6.07) is 7.49. The van der Waals surface area contributed by atoms with Gasteiger partial charge in [0, 0.05) is 5.56 Å². The summed E-state index contributed by atoms with van der Waals surface area (Å²) < 4.78 is 0. The van der Waals surface area contributed by atoms with Crippen molar-refractivity contribution in [2.75, 3.05) is 6.61 Å². The van der Waals surface area contributed by atoms with E-state index in [9.17, 15) is 9.90 Å². The molecule has 0 fully saturated rings. The van der Waals surface area contributed by atoms with Gasteiger partial charge in [-0.05, 0) is 12.3 Å². The van der Waals surface area contributed by atoms with E-state index in [1.807, 2.05) is 52.0 Å². The monoisotopic (exact) mass is 220 g/mol. The molecular formula is C14H20O2. The highest BCUT2D eigenvalue weighted by molar-refractivity contribution is 5.98. The van der Waals surface area contributed by atoms with Crippen molar-refractivity contribution in [3.63, 3.8) is 0 Å². The average molecular weight is 220 g/mol. The summed E-state index contributed by atoms with van der Waals surface area (Å²) in [6.45, 7) is 7.80. The van der Waals surface area contributed by atoms with Gasteiger partial charge in [0.2, 0.25) is 0 Å². The molecule has 0 aliphatic heterocycles. The number of aryl methyl sites for hydroxylation is 1. The minimum atomic E-state index is -0.338. The lowest BCUT2D eigenvalue weighted by Crippen LogP contribution is -2.31. The number of ketones is 1. The normalized spacial score (nSPS) is 13.6. The van der Waals surface area contributed by atoms with Crippen molar-refractivity contribution in [3.05, 3.63) is 35.4 Å². The van der Waals surface area contributed by atoms with Crippen LogP contribution in [-0.2, 0) is 0 Å². The number of rotatable bonds is 3. The van der Waals surface area contributed by atoms with E-state index in [1.165, 1.54) is 0 Å². The van der Waals surface area contributed by atoms with Crippen LogP contribution in [0, 0.1) is 18.3 Å². The second-order valence-electron chi connectivity index (χ2n) is 5.33. The summed E-state index contributed by atoms with van der Waals surface area (Å²) in [5, 5.41) is 9.33. The van der Waals surface area contributed by atoms with Crippen molar-refractivity contribution in [1.29, 1.82) is 0 Å². The van der Waals surface area contributed by atoms with Crippen LogP contribution in [0.15, 0.2) is 24.3 Å². The predicted octanol–water partition coefficient (Wildman–Crippen LogP) is 2.83. The summed E-state index contributed by atoms with van der Waals surface area (Å²) in [7, 11) is 0. The maximum absolute atomic E-state index is 12.2. The fourth-order valence-corrected chi connectivity index (χ4v) is 1.67. The molecular weight excluding hydrogens is 200 g/mol. The predicted molar refractivity (Wildman–Crippen MR) is 65.5 cm³/mol. The van der Waals surface area contributed by atoms with Crippen LogP contribution in [0.25, 0.3) is 0 Å². The zero-order valence-electron chi connectivity index (χ0n) is 10.4. The van der Waals surface area contributed by atoms with Crippen LogP contribution in [0.5, 0.6) is 0 Å². The summed E-state index contributed by atoms with van der Waals surface area (Å²) in [4.78, 5) is 12.2.